The number of aromatic nitrogens is 1. The molecule has 1 N–H and O–H groups in total. The van der Waals surface area contributed by atoms with E-state index in [4.69, 9.17) is 9.84 Å². The van der Waals surface area contributed by atoms with Gasteiger partial charge in [0.25, 0.3) is 0 Å². The van der Waals surface area contributed by atoms with Gasteiger partial charge in [-0.15, -0.1) is 0 Å². The summed E-state index contributed by atoms with van der Waals surface area (Å²) < 4.78 is 49.4. The van der Waals surface area contributed by atoms with Crippen molar-refractivity contribution in [2.24, 2.45) is 0 Å². The Morgan fingerprint density at radius 2 is 1.86 bits per heavy atom. The van der Waals surface area contributed by atoms with Gasteiger partial charge in [0, 0.05) is 27.6 Å². The zero-order valence-corrected chi connectivity index (χ0v) is 17.3. The number of fused-ring (bicyclic) bond motifs is 1. The molecular weight excluding hydrogens is 451 g/mol. The highest BCUT2D eigenvalue weighted by Crippen LogP contribution is 2.44. The summed E-state index contributed by atoms with van der Waals surface area (Å²) in [6, 6.07) is 12.4. The van der Waals surface area contributed by atoms with E-state index < -0.39 is 24.5 Å². The van der Waals surface area contributed by atoms with Crippen LogP contribution in [0.2, 0.25) is 0 Å². The largest absolute Gasteiger partial charge is 0.497 e. The zero-order chi connectivity index (χ0) is 21.3. The topological polar surface area (TPSA) is 51.5 Å². The van der Waals surface area contributed by atoms with E-state index in [0.29, 0.717) is 28.9 Å². The van der Waals surface area contributed by atoms with Crippen molar-refractivity contribution < 1.29 is 27.8 Å². The lowest BCUT2D eigenvalue weighted by Gasteiger charge is -2.20. The van der Waals surface area contributed by atoms with Crippen molar-refractivity contribution in [1.82, 2.24) is 4.57 Å². The van der Waals surface area contributed by atoms with E-state index in [1.807, 2.05) is 24.3 Å². The normalized spacial score (nSPS) is 12.9. The van der Waals surface area contributed by atoms with Crippen LogP contribution in [0.5, 0.6) is 5.75 Å². The predicted molar refractivity (Wildman–Crippen MR) is 108 cm³/mol. The molecule has 4 nitrogen and oxygen atoms in total. The second kappa shape index (κ2) is 8.10. The molecule has 1 heterocycles. The maximum atomic E-state index is 13.8. The highest BCUT2D eigenvalue weighted by atomic mass is 79.9. The average molecular weight is 470 g/mol. The highest BCUT2D eigenvalue weighted by molar-refractivity contribution is 9.10. The lowest BCUT2D eigenvalue weighted by molar-refractivity contribution is -0.163. The van der Waals surface area contributed by atoms with Gasteiger partial charge in [-0.25, -0.2) is 0 Å². The number of ether oxygens (including phenoxy) is 1. The Hall–Kier alpha value is -2.48. The van der Waals surface area contributed by atoms with Gasteiger partial charge in [-0.1, -0.05) is 28.1 Å². The Bertz CT molecular complexity index is 1040. The van der Waals surface area contributed by atoms with Crippen LogP contribution in [0.4, 0.5) is 13.2 Å². The van der Waals surface area contributed by atoms with Crippen LogP contribution in [0.15, 0.2) is 46.9 Å². The van der Waals surface area contributed by atoms with Gasteiger partial charge >= 0.3 is 12.1 Å². The fourth-order valence-corrected chi connectivity index (χ4v) is 3.85. The predicted octanol–water partition coefficient (Wildman–Crippen LogP) is 5.89. The molecule has 2 aromatic carbocycles. The van der Waals surface area contributed by atoms with E-state index in [1.165, 1.54) is 13.2 Å². The van der Waals surface area contributed by atoms with Crippen molar-refractivity contribution in [3.63, 3.8) is 0 Å². The van der Waals surface area contributed by atoms with Gasteiger partial charge in [-0.3, -0.25) is 4.79 Å². The second-order valence-electron chi connectivity index (χ2n) is 6.79. The van der Waals surface area contributed by atoms with Crippen LogP contribution in [0, 0.1) is 6.92 Å². The minimum atomic E-state index is -4.69. The van der Waals surface area contributed by atoms with Crippen LogP contribution in [0.25, 0.3) is 10.9 Å². The smallest absolute Gasteiger partial charge is 0.396 e. The van der Waals surface area contributed by atoms with E-state index in [1.54, 1.807) is 23.6 Å². The first-order chi connectivity index (χ1) is 13.6. The van der Waals surface area contributed by atoms with Crippen LogP contribution in [0.3, 0.4) is 0 Å². The number of carbonyl (C=O) groups is 1. The number of halogens is 4. The molecule has 1 aromatic heterocycles. The molecule has 154 valence electrons. The highest BCUT2D eigenvalue weighted by Gasteiger charge is 2.44. The first kappa shape index (κ1) is 21.2. The molecule has 0 aliphatic carbocycles. The van der Waals surface area contributed by atoms with E-state index in [2.05, 4.69) is 15.9 Å². The minimum Gasteiger partial charge on any atom is -0.497 e. The molecule has 0 saturated heterocycles. The van der Waals surface area contributed by atoms with Crippen molar-refractivity contribution in [2.75, 3.05) is 7.11 Å². The van der Waals surface area contributed by atoms with Gasteiger partial charge in [-0.2, -0.15) is 13.2 Å². The Kier molecular flexibility index (Phi) is 5.93. The average Bonchev–Trinajstić information content (AvgIpc) is 2.91. The number of hydrogen-bond donors (Lipinski definition) is 1. The number of carboxylic acids is 1. The monoisotopic (exact) mass is 469 g/mol. The number of rotatable bonds is 6. The second-order valence-corrected chi connectivity index (χ2v) is 7.70. The standard InChI is InChI=1S/C21H19BrF3NO3/c1-12-20(17(10-19(27)28)21(23,24)25)16-9-15(29-2)7-8-18(16)26(12)11-13-3-5-14(22)6-4-13/h3-9,17H,10-11H2,1-2H3,(H,27,28). The van der Waals surface area contributed by atoms with Gasteiger partial charge in [0.1, 0.15) is 5.75 Å². The van der Waals surface area contributed by atoms with Crippen molar-refractivity contribution in [1.29, 1.82) is 0 Å². The summed E-state index contributed by atoms with van der Waals surface area (Å²) in [6.07, 6.45) is -5.72. The molecule has 1 atom stereocenters. The third-order valence-electron chi connectivity index (χ3n) is 4.96. The minimum absolute atomic E-state index is 0.0223. The molecule has 0 saturated carbocycles. The molecule has 0 amide bonds. The maximum Gasteiger partial charge on any atom is 0.396 e. The zero-order valence-electron chi connectivity index (χ0n) is 15.8. The molecule has 0 spiro atoms. The summed E-state index contributed by atoms with van der Waals surface area (Å²) in [4.78, 5) is 11.2. The van der Waals surface area contributed by atoms with Gasteiger partial charge in [0.2, 0.25) is 0 Å². The molecule has 3 aromatic rings. The Morgan fingerprint density at radius 3 is 2.41 bits per heavy atom. The summed E-state index contributed by atoms with van der Waals surface area (Å²) >= 11 is 3.37. The third-order valence-corrected chi connectivity index (χ3v) is 5.48. The van der Waals surface area contributed by atoms with Gasteiger partial charge in [0.15, 0.2) is 0 Å². The first-order valence-electron chi connectivity index (χ1n) is 8.81. The number of hydrogen-bond acceptors (Lipinski definition) is 2. The van der Waals surface area contributed by atoms with Crippen molar-refractivity contribution >= 4 is 32.8 Å². The molecule has 3 rings (SSSR count). The molecule has 0 aliphatic rings. The summed E-state index contributed by atoms with van der Waals surface area (Å²) in [5, 5.41) is 9.45. The number of nitrogens with zero attached hydrogens (tertiary/aromatic N) is 1. The van der Waals surface area contributed by atoms with Crippen LogP contribution in [-0.4, -0.2) is 28.9 Å². The SMILES string of the molecule is COc1ccc2c(c1)c(C(CC(=O)O)C(F)(F)F)c(C)n2Cc1ccc(Br)cc1. The fourth-order valence-electron chi connectivity index (χ4n) is 3.59. The van der Waals surface area contributed by atoms with Crippen LogP contribution >= 0.6 is 15.9 Å². The van der Waals surface area contributed by atoms with Gasteiger partial charge < -0.3 is 14.4 Å². The molecule has 8 heteroatoms. The van der Waals surface area contributed by atoms with Crippen LogP contribution in [0.1, 0.15) is 29.2 Å². The van der Waals surface area contributed by atoms with Crippen molar-refractivity contribution in [2.45, 2.75) is 32.0 Å². The number of methoxy groups -OCH3 is 1. The van der Waals surface area contributed by atoms with Crippen LogP contribution in [-0.2, 0) is 11.3 Å². The van der Waals surface area contributed by atoms with Gasteiger partial charge in [-0.05, 0) is 48.4 Å². The molecule has 0 bridgehead atoms. The summed E-state index contributed by atoms with van der Waals surface area (Å²) in [7, 11) is 1.44. The van der Waals surface area contributed by atoms with E-state index in [-0.39, 0.29) is 5.56 Å². The summed E-state index contributed by atoms with van der Waals surface area (Å²) in [5.41, 5.74) is 1.88. The Labute approximate surface area is 174 Å². The lowest BCUT2D eigenvalue weighted by atomic mass is 9.92. The van der Waals surface area contributed by atoms with Crippen molar-refractivity contribution in [3.8, 4) is 5.75 Å². The Balaban J connectivity index is 2.23. The fraction of sp³-hybridized carbons (Fsp3) is 0.286. The van der Waals surface area contributed by atoms with Crippen molar-refractivity contribution in [3.05, 3.63) is 63.8 Å². The number of carboxylic acid groups (broad SMARTS) is 1. The van der Waals surface area contributed by atoms with Gasteiger partial charge in [0.05, 0.1) is 19.4 Å². The Morgan fingerprint density at radius 1 is 1.21 bits per heavy atom. The lowest BCUT2D eigenvalue weighted by Crippen LogP contribution is -2.24. The van der Waals surface area contributed by atoms with E-state index in [9.17, 15) is 18.0 Å². The summed E-state index contributed by atoms with van der Waals surface area (Å²) in [6.45, 7) is 1.96. The molecule has 0 fully saturated rings. The molecule has 1 unspecified atom stereocenters. The van der Waals surface area contributed by atoms with E-state index >= 15 is 0 Å². The summed E-state index contributed by atoms with van der Waals surface area (Å²) in [5.74, 6) is -3.19. The number of aliphatic carboxylic acids is 1. The number of benzene rings is 2. The number of alkyl halides is 3. The molecular formula is C21H19BrF3NO3. The molecule has 0 aliphatic heterocycles. The maximum absolute atomic E-state index is 13.8. The van der Waals surface area contributed by atoms with Crippen LogP contribution < -0.4 is 4.74 Å². The van der Waals surface area contributed by atoms with E-state index in [0.717, 1.165) is 10.0 Å². The molecule has 0 radical (unpaired) electrons. The third kappa shape index (κ3) is 4.42. The molecule has 29 heavy (non-hydrogen) atoms. The quantitative estimate of drug-likeness (QED) is 0.489. The first-order valence-corrected chi connectivity index (χ1v) is 9.60.